The molecule has 0 saturated heterocycles. The Morgan fingerprint density at radius 2 is 2.05 bits per heavy atom. The molecular formula is C14H16F2N2O2. The summed E-state index contributed by atoms with van der Waals surface area (Å²) in [4.78, 5) is 0. The summed E-state index contributed by atoms with van der Waals surface area (Å²) < 4.78 is 36.0. The summed E-state index contributed by atoms with van der Waals surface area (Å²) in [6.07, 6.45) is 3.92. The molecule has 0 amide bonds. The first-order valence-electron chi connectivity index (χ1n) is 6.06. The molecule has 0 spiro atoms. The lowest BCUT2D eigenvalue weighted by Crippen LogP contribution is -2.05. The van der Waals surface area contributed by atoms with Crippen LogP contribution in [0.5, 0.6) is 11.5 Å². The SMILES string of the molecule is COc1ccc(NCc2ccn(C)c2)cc1OC(F)F. The summed E-state index contributed by atoms with van der Waals surface area (Å²) in [5.41, 5.74) is 1.78. The zero-order valence-electron chi connectivity index (χ0n) is 11.3. The van der Waals surface area contributed by atoms with Crippen LogP contribution in [0.15, 0.2) is 36.7 Å². The number of anilines is 1. The summed E-state index contributed by atoms with van der Waals surface area (Å²) >= 11 is 0. The summed E-state index contributed by atoms with van der Waals surface area (Å²) in [6, 6.07) is 6.81. The number of alkyl halides is 2. The van der Waals surface area contributed by atoms with E-state index in [9.17, 15) is 8.78 Å². The van der Waals surface area contributed by atoms with E-state index in [2.05, 4.69) is 10.1 Å². The molecule has 0 fully saturated rings. The van der Waals surface area contributed by atoms with E-state index in [0.29, 0.717) is 12.2 Å². The lowest BCUT2D eigenvalue weighted by molar-refractivity contribution is -0.0511. The smallest absolute Gasteiger partial charge is 0.387 e. The minimum absolute atomic E-state index is 0.0144. The van der Waals surface area contributed by atoms with E-state index in [1.165, 1.54) is 13.2 Å². The fraction of sp³-hybridized carbons (Fsp3) is 0.286. The second kappa shape index (κ2) is 6.27. The van der Waals surface area contributed by atoms with Gasteiger partial charge >= 0.3 is 6.61 Å². The molecule has 20 heavy (non-hydrogen) atoms. The van der Waals surface area contributed by atoms with Crippen LogP contribution in [0.25, 0.3) is 0 Å². The van der Waals surface area contributed by atoms with E-state index in [4.69, 9.17) is 4.74 Å². The molecule has 1 N–H and O–H groups in total. The van der Waals surface area contributed by atoms with E-state index in [1.54, 1.807) is 12.1 Å². The number of aromatic nitrogens is 1. The van der Waals surface area contributed by atoms with Crippen molar-refractivity contribution >= 4 is 5.69 Å². The van der Waals surface area contributed by atoms with Crippen molar-refractivity contribution in [1.29, 1.82) is 0 Å². The Hall–Kier alpha value is -2.24. The Morgan fingerprint density at radius 3 is 2.65 bits per heavy atom. The molecule has 0 radical (unpaired) electrons. The van der Waals surface area contributed by atoms with Crippen LogP contribution in [0.2, 0.25) is 0 Å². The highest BCUT2D eigenvalue weighted by Gasteiger charge is 2.11. The zero-order chi connectivity index (χ0) is 14.5. The van der Waals surface area contributed by atoms with Gasteiger partial charge in [0.1, 0.15) is 0 Å². The van der Waals surface area contributed by atoms with Crippen LogP contribution in [0, 0.1) is 0 Å². The summed E-state index contributed by atoms with van der Waals surface area (Å²) in [5, 5.41) is 3.15. The summed E-state index contributed by atoms with van der Waals surface area (Å²) in [6.45, 7) is -2.28. The second-order valence-electron chi connectivity index (χ2n) is 4.28. The van der Waals surface area contributed by atoms with E-state index >= 15 is 0 Å². The first-order valence-corrected chi connectivity index (χ1v) is 6.06. The molecule has 0 aliphatic heterocycles. The minimum Gasteiger partial charge on any atom is -0.493 e. The van der Waals surface area contributed by atoms with Crippen LogP contribution < -0.4 is 14.8 Å². The number of nitrogens with zero attached hydrogens (tertiary/aromatic N) is 1. The molecule has 0 atom stereocenters. The van der Waals surface area contributed by atoms with Crippen LogP contribution in [0.4, 0.5) is 14.5 Å². The highest BCUT2D eigenvalue weighted by atomic mass is 19.3. The van der Waals surface area contributed by atoms with E-state index in [0.717, 1.165) is 5.56 Å². The molecule has 0 aliphatic rings. The average Bonchev–Trinajstić information content (AvgIpc) is 2.82. The van der Waals surface area contributed by atoms with E-state index in [-0.39, 0.29) is 11.5 Å². The van der Waals surface area contributed by atoms with Crippen molar-refractivity contribution in [2.75, 3.05) is 12.4 Å². The molecule has 1 heterocycles. The lowest BCUT2D eigenvalue weighted by atomic mass is 10.2. The quantitative estimate of drug-likeness (QED) is 0.883. The van der Waals surface area contributed by atoms with Gasteiger partial charge in [0.2, 0.25) is 0 Å². The topological polar surface area (TPSA) is 35.4 Å². The fourth-order valence-electron chi connectivity index (χ4n) is 1.84. The van der Waals surface area contributed by atoms with Gasteiger partial charge in [-0.1, -0.05) is 0 Å². The van der Waals surface area contributed by atoms with Gasteiger partial charge < -0.3 is 19.4 Å². The molecule has 0 saturated carbocycles. The van der Waals surface area contributed by atoms with Crippen LogP contribution in [-0.2, 0) is 13.6 Å². The summed E-state index contributed by atoms with van der Waals surface area (Å²) in [7, 11) is 3.34. The maximum absolute atomic E-state index is 12.3. The van der Waals surface area contributed by atoms with Crippen molar-refractivity contribution in [3.63, 3.8) is 0 Å². The van der Waals surface area contributed by atoms with Crippen LogP contribution >= 0.6 is 0 Å². The van der Waals surface area contributed by atoms with Gasteiger partial charge in [-0.15, -0.1) is 0 Å². The molecule has 1 aromatic carbocycles. The molecule has 4 nitrogen and oxygen atoms in total. The maximum Gasteiger partial charge on any atom is 0.387 e. The van der Waals surface area contributed by atoms with Gasteiger partial charge in [-0.05, 0) is 23.8 Å². The average molecular weight is 282 g/mol. The monoisotopic (exact) mass is 282 g/mol. The lowest BCUT2D eigenvalue weighted by Gasteiger charge is -2.12. The number of hydrogen-bond acceptors (Lipinski definition) is 3. The molecule has 0 unspecified atom stereocenters. The van der Waals surface area contributed by atoms with Crippen LogP contribution in [0.3, 0.4) is 0 Å². The molecule has 6 heteroatoms. The van der Waals surface area contributed by atoms with Crippen molar-refractivity contribution < 1.29 is 18.3 Å². The number of aryl methyl sites for hydroxylation is 1. The third-order valence-electron chi connectivity index (χ3n) is 2.77. The Labute approximate surface area is 115 Å². The Morgan fingerprint density at radius 1 is 1.25 bits per heavy atom. The summed E-state index contributed by atoms with van der Waals surface area (Å²) in [5.74, 6) is 0.288. The number of methoxy groups -OCH3 is 1. The van der Waals surface area contributed by atoms with Gasteiger partial charge in [0.25, 0.3) is 0 Å². The van der Waals surface area contributed by atoms with E-state index in [1.807, 2.05) is 30.1 Å². The largest absolute Gasteiger partial charge is 0.493 e. The van der Waals surface area contributed by atoms with Gasteiger partial charge in [-0.25, -0.2) is 0 Å². The Balaban J connectivity index is 2.07. The minimum atomic E-state index is -2.88. The van der Waals surface area contributed by atoms with Gasteiger partial charge in [0.15, 0.2) is 11.5 Å². The molecule has 0 bridgehead atoms. The first-order chi connectivity index (χ1) is 9.58. The van der Waals surface area contributed by atoms with Crippen molar-refractivity contribution in [1.82, 2.24) is 4.57 Å². The number of benzene rings is 1. The van der Waals surface area contributed by atoms with Gasteiger partial charge in [-0.2, -0.15) is 8.78 Å². The van der Waals surface area contributed by atoms with Crippen molar-refractivity contribution in [2.24, 2.45) is 7.05 Å². The Kier molecular flexibility index (Phi) is 4.45. The second-order valence-corrected chi connectivity index (χ2v) is 4.28. The number of halogens is 2. The van der Waals surface area contributed by atoms with Crippen molar-refractivity contribution in [2.45, 2.75) is 13.2 Å². The Bertz CT molecular complexity index is 570. The maximum atomic E-state index is 12.3. The standard InChI is InChI=1S/C14H16F2N2O2/c1-18-6-5-10(9-18)8-17-11-3-4-12(19-2)13(7-11)20-14(15)16/h3-7,9,14,17H,8H2,1-2H3. The van der Waals surface area contributed by atoms with Gasteiger partial charge in [-0.3, -0.25) is 0 Å². The number of nitrogens with one attached hydrogen (secondary N) is 1. The first kappa shape index (κ1) is 14.2. The highest BCUT2D eigenvalue weighted by molar-refractivity contribution is 5.55. The molecule has 108 valence electrons. The van der Waals surface area contributed by atoms with Gasteiger partial charge in [0, 0.05) is 37.7 Å². The number of rotatable bonds is 6. The molecular weight excluding hydrogens is 266 g/mol. The van der Waals surface area contributed by atoms with Crippen molar-refractivity contribution in [3.8, 4) is 11.5 Å². The van der Waals surface area contributed by atoms with Gasteiger partial charge in [0.05, 0.1) is 7.11 Å². The normalized spacial score (nSPS) is 10.7. The third-order valence-corrected chi connectivity index (χ3v) is 2.77. The van der Waals surface area contributed by atoms with Crippen molar-refractivity contribution in [3.05, 3.63) is 42.2 Å². The molecule has 1 aromatic heterocycles. The third kappa shape index (κ3) is 3.63. The molecule has 2 aromatic rings. The predicted molar refractivity (Wildman–Crippen MR) is 72.4 cm³/mol. The zero-order valence-corrected chi connectivity index (χ0v) is 11.3. The predicted octanol–water partition coefficient (Wildman–Crippen LogP) is 3.25. The molecule has 0 aliphatic carbocycles. The van der Waals surface area contributed by atoms with Crippen LogP contribution in [-0.4, -0.2) is 18.3 Å². The van der Waals surface area contributed by atoms with Crippen LogP contribution in [0.1, 0.15) is 5.56 Å². The fourth-order valence-corrected chi connectivity index (χ4v) is 1.84. The number of hydrogen-bond donors (Lipinski definition) is 1. The highest BCUT2D eigenvalue weighted by Crippen LogP contribution is 2.31. The molecule has 2 rings (SSSR count). The van der Waals surface area contributed by atoms with E-state index < -0.39 is 6.61 Å². The number of ether oxygens (including phenoxy) is 2.